The van der Waals surface area contributed by atoms with Gasteiger partial charge in [0.15, 0.2) is 17.5 Å². The number of hydrogen-bond donors (Lipinski definition) is 2. The first-order chi connectivity index (χ1) is 14.8. The van der Waals surface area contributed by atoms with Crippen molar-refractivity contribution in [1.82, 2.24) is 10.6 Å². The zero-order valence-electron chi connectivity index (χ0n) is 18.4. The molecular formula is C24H35N3O3. The van der Waals surface area contributed by atoms with Crippen LogP contribution in [0.2, 0.25) is 0 Å². The van der Waals surface area contributed by atoms with Gasteiger partial charge in [0.1, 0.15) is 0 Å². The number of aliphatic imine (C=N–C) groups is 1. The van der Waals surface area contributed by atoms with Crippen LogP contribution in [0.5, 0.6) is 11.5 Å². The van der Waals surface area contributed by atoms with Crippen LogP contribution in [0.3, 0.4) is 0 Å². The molecule has 0 radical (unpaired) electrons. The van der Waals surface area contributed by atoms with E-state index in [9.17, 15) is 0 Å². The van der Waals surface area contributed by atoms with Crippen molar-refractivity contribution in [2.45, 2.75) is 32.8 Å². The lowest BCUT2D eigenvalue weighted by atomic mass is 10.1. The number of hydrogen-bond acceptors (Lipinski definition) is 4. The highest BCUT2D eigenvalue weighted by Gasteiger charge is 2.05. The maximum absolute atomic E-state index is 5.72. The van der Waals surface area contributed by atoms with Crippen molar-refractivity contribution in [3.05, 3.63) is 59.7 Å². The first-order valence-corrected chi connectivity index (χ1v) is 10.6. The van der Waals surface area contributed by atoms with Gasteiger partial charge in [-0.25, -0.2) is 0 Å². The van der Waals surface area contributed by atoms with E-state index in [0.717, 1.165) is 63.0 Å². The highest BCUT2D eigenvalue weighted by Crippen LogP contribution is 2.27. The molecule has 0 aliphatic heterocycles. The number of rotatable bonds is 13. The quantitative estimate of drug-likeness (QED) is 0.297. The molecule has 0 bridgehead atoms. The summed E-state index contributed by atoms with van der Waals surface area (Å²) in [6.07, 6.45) is 2.88. The van der Waals surface area contributed by atoms with Gasteiger partial charge in [-0.1, -0.05) is 36.4 Å². The molecule has 0 saturated carbocycles. The molecule has 0 unspecified atom stereocenters. The monoisotopic (exact) mass is 413 g/mol. The van der Waals surface area contributed by atoms with Crippen molar-refractivity contribution in [2.24, 2.45) is 4.99 Å². The Kier molecular flexibility index (Phi) is 11.2. The van der Waals surface area contributed by atoms with Gasteiger partial charge in [-0.05, 0) is 49.4 Å². The summed E-state index contributed by atoms with van der Waals surface area (Å²) in [7, 11) is 3.30. The molecule has 2 N–H and O–H groups in total. The van der Waals surface area contributed by atoms with Crippen LogP contribution in [0.4, 0.5) is 0 Å². The topological polar surface area (TPSA) is 64.1 Å². The minimum atomic E-state index is 0.671. The Hall–Kier alpha value is -2.73. The Labute approximate surface area is 180 Å². The van der Waals surface area contributed by atoms with E-state index in [0.29, 0.717) is 6.61 Å². The molecule has 0 spiro atoms. The molecule has 0 atom stereocenters. The second-order valence-electron chi connectivity index (χ2n) is 6.87. The first-order valence-electron chi connectivity index (χ1n) is 10.6. The van der Waals surface area contributed by atoms with Gasteiger partial charge >= 0.3 is 0 Å². The number of guanidine groups is 1. The molecule has 2 aromatic carbocycles. The molecule has 0 aliphatic carbocycles. The molecule has 6 heteroatoms. The summed E-state index contributed by atoms with van der Waals surface area (Å²) in [4.78, 5) is 4.66. The van der Waals surface area contributed by atoms with Gasteiger partial charge in [0.05, 0.1) is 20.8 Å². The van der Waals surface area contributed by atoms with Crippen LogP contribution < -0.4 is 20.1 Å². The van der Waals surface area contributed by atoms with Crippen LogP contribution >= 0.6 is 0 Å². The molecule has 2 aromatic rings. The molecule has 0 amide bonds. The van der Waals surface area contributed by atoms with Crippen LogP contribution in [0, 0.1) is 0 Å². The van der Waals surface area contributed by atoms with E-state index in [1.165, 1.54) is 11.1 Å². The van der Waals surface area contributed by atoms with E-state index in [-0.39, 0.29) is 0 Å². The van der Waals surface area contributed by atoms with Crippen molar-refractivity contribution < 1.29 is 14.2 Å². The number of nitrogens with one attached hydrogen (secondary N) is 2. The summed E-state index contributed by atoms with van der Waals surface area (Å²) in [5.41, 5.74) is 2.40. The minimum absolute atomic E-state index is 0.671. The van der Waals surface area contributed by atoms with Crippen molar-refractivity contribution in [1.29, 1.82) is 0 Å². The molecule has 0 saturated heterocycles. The fraction of sp³-hybridized carbons (Fsp3) is 0.458. The number of benzene rings is 2. The number of ether oxygens (including phenoxy) is 3. The molecule has 164 valence electrons. The van der Waals surface area contributed by atoms with Gasteiger partial charge in [-0.2, -0.15) is 0 Å². The number of methoxy groups -OCH3 is 2. The van der Waals surface area contributed by atoms with E-state index >= 15 is 0 Å². The Bertz CT molecular complexity index is 751. The Morgan fingerprint density at radius 2 is 1.70 bits per heavy atom. The van der Waals surface area contributed by atoms with Crippen LogP contribution in [0.15, 0.2) is 53.5 Å². The maximum Gasteiger partial charge on any atom is 0.191 e. The lowest BCUT2D eigenvalue weighted by Gasteiger charge is -2.12. The Morgan fingerprint density at radius 1 is 0.900 bits per heavy atom. The predicted octanol–water partition coefficient (Wildman–Crippen LogP) is 3.80. The maximum atomic E-state index is 5.72. The fourth-order valence-electron chi connectivity index (χ4n) is 2.97. The van der Waals surface area contributed by atoms with E-state index < -0.39 is 0 Å². The van der Waals surface area contributed by atoms with Crippen molar-refractivity contribution >= 4 is 5.96 Å². The highest BCUT2D eigenvalue weighted by atomic mass is 16.5. The number of unbranched alkanes of at least 4 members (excludes halogenated alkanes) is 1. The first kappa shape index (κ1) is 23.5. The third kappa shape index (κ3) is 8.74. The smallest absolute Gasteiger partial charge is 0.191 e. The third-order valence-electron chi connectivity index (χ3n) is 4.58. The molecule has 0 aromatic heterocycles. The van der Waals surface area contributed by atoms with E-state index in [2.05, 4.69) is 40.7 Å². The molecule has 0 heterocycles. The largest absolute Gasteiger partial charge is 0.493 e. The van der Waals surface area contributed by atoms with Gasteiger partial charge in [-0.3, -0.25) is 4.99 Å². The van der Waals surface area contributed by atoms with E-state index in [1.54, 1.807) is 14.2 Å². The Balaban J connectivity index is 1.66. The molecule has 0 aliphatic rings. The average molecular weight is 414 g/mol. The predicted molar refractivity (Wildman–Crippen MR) is 123 cm³/mol. The van der Waals surface area contributed by atoms with E-state index in [1.807, 2.05) is 30.3 Å². The summed E-state index contributed by atoms with van der Waals surface area (Å²) in [6, 6.07) is 16.3. The summed E-state index contributed by atoms with van der Waals surface area (Å²) >= 11 is 0. The standard InChI is InChI=1S/C24H35N3O3/c1-4-25-24(26-15-8-9-17-30-19-21-10-6-5-7-11-21)27-16-14-20-12-13-22(28-2)23(18-20)29-3/h5-7,10-13,18H,4,8-9,14-17,19H2,1-3H3,(H2,25,26,27). The zero-order valence-corrected chi connectivity index (χ0v) is 18.4. The highest BCUT2D eigenvalue weighted by molar-refractivity contribution is 5.79. The van der Waals surface area contributed by atoms with Crippen LogP contribution in [0.25, 0.3) is 0 Å². The van der Waals surface area contributed by atoms with Gasteiger partial charge in [0.25, 0.3) is 0 Å². The van der Waals surface area contributed by atoms with Crippen molar-refractivity contribution in [3.63, 3.8) is 0 Å². The molecule has 0 fully saturated rings. The lowest BCUT2D eigenvalue weighted by Crippen LogP contribution is -2.38. The normalized spacial score (nSPS) is 11.2. The molecule has 30 heavy (non-hydrogen) atoms. The number of nitrogens with zero attached hydrogens (tertiary/aromatic N) is 1. The lowest BCUT2D eigenvalue weighted by molar-refractivity contribution is 0.117. The van der Waals surface area contributed by atoms with Gasteiger partial charge in [0.2, 0.25) is 0 Å². The second kappa shape index (κ2) is 14.3. The molecule has 6 nitrogen and oxygen atoms in total. The fourth-order valence-corrected chi connectivity index (χ4v) is 2.97. The van der Waals surface area contributed by atoms with Crippen molar-refractivity contribution in [3.8, 4) is 11.5 Å². The van der Waals surface area contributed by atoms with Gasteiger partial charge < -0.3 is 24.8 Å². The summed E-state index contributed by atoms with van der Waals surface area (Å²) in [5, 5.41) is 6.69. The SMILES string of the molecule is CCNC(=NCCCCOCc1ccccc1)NCCc1ccc(OC)c(OC)c1. The van der Waals surface area contributed by atoms with Crippen molar-refractivity contribution in [2.75, 3.05) is 40.5 Å². The van der Waals surface area contributed by atoms with Gasteiger partial charge in [0, 0.05) is 26.2 Å². The third-order valence-corrected chi connectivity index (χ3v) is 4.58. The minimum Gasteiger partial charge on any atom is -0.493 e. The summed E-state index contributed by atoms with van der Waals surface area (Å²) in [6.45, 7) is 5.91. The summed E-state index contributed by atoms with van der Waals surface area (Å²) < 4.78 is 16.4. The Morgan fingerprint density at radius 3 is 2.43 bits per heavy atom. The van der Waals surface area contributed by atoms with Crippen LogP contribution in [-0.2, 0) is 17.8 Å². The molecule has 2 rings (SSSR count). The van der Waals surface area contributed by atoms with Crippen LogP contribution in [-0.4, -0.2) is 46.4 Å². The molecular weight excluding hydrogens is 378 g/mol. The zero-order chi connectivity index (χ0) is 21.4. The second-order valence-corrected chi connectivity index (χ2v) is 6.87. The van der Waals surface area contributed by atoms with E-state index in [4.69, 9.17) is 14.2 Å². The average Bonchev–Trinajstić information content (AvgIpc) is 2.79. The summed E-state index contributed by atoms with van der Waals surface area (Å²) in [5.74, 6) is 2.35. The van der Waals surface area contributed by atoms with Gasteiger partial charge in [-0.15, -0.1) is 0 Å². The van der Waals surface area contributed by atoms with Crippen LogP contribution in [0.1, 0.15) is 30.9 Å².